The molecule has 2 saturated heterocycles. The van der Waals surface area contributed by atoms with Crippen LogP contribution < -0.4 is 5.56 Å². The van der Waals surface area contributed by atoms with Crippen LogP contribution in [0.2, 0.25) is 0 Å². The Hall–Kier alpha value is -2.31. The summed E-state index contributed by atoms with van der Waals surface area (Å²) in [6.45, 7) is 1.76. The maximum absolute atomic E-state index is 12.9. The van der Waals surface area contributed by atoms with E-state index in [-0.39, 0.29) is 23.6 Å². The highest BCUT2D eigenvalue weighted by Gasteiger charge is 2.39. The third-order valence-electron chi connectivity index (χ3n) is 4.98. The van der Waals surface area contributed by atoms with Crippen molar-refractivity contribution in [2.45, 2.75) is 31.7 Å². The number of rotatable bonds is 1. The van der Waals surface area contributed by atoms with Crippen LogP contribution in [0.1, 0.15) is 34.5 Å². The predicted octanol–water partition coefficient (Wildman–Crippen LogP) is 0.530. The van der Waals surface area contributed by atoms with Crippen molar-refractivity contribution in [3.8, 4) is 0 Å². The number of ether oxygens (including phenoxy) is 1. The minimum Gasteiger partial charge on any atom is -0.447 e. The topological polar surface area (TPSA) is 82.7 Å². The van der Waals surface area contributed by atoms with Gasteiger partial charge < -0.3 is 14.6 Å². The van der Waals surface area contributed by atoms with Gasteiger partial charge in [-0.25, -0.2) is 4.79 Å². The van der Waals surface area contributed by atoms with Crippen molar-refractivity contribution in [2.75, 3.05) is 26.2 Å². The fraction of sp³-hybridized carbons (Fsp3) is 0.562. The molecule has 2 amide bonds. The molecule has 0 radical (unpaired) electrons. The Balaban J connectivity index is 1.61. The van der Waals surface area contributed by atoms with Gasteiger partial charge in [-0.1, -0.05) is 0 Å². The molecule has 1 atom stereocenters. The lowest BCUT2D eigenvalue weighted by molar-refractivity contribution is 0.0615. The van der Waals surface area contributed by atoms with E-state index in [9.17, 15) is 14.4 Å². The lowest BCUT2D eigenvalue weighted by Crippen LogP contribution is -2.54. The van der Waals surface area contributed by atoms with Gasteiger partial charge in [-0.2, -0.15) is 0 Å². The van der Waals surface area contributed by atoms with E-state index in [0.717, 1.165) is 36.9 Å². The molecular formula is C16H19N3O4. The van der Waals surface area contributed by atoms with Gasteiger partial charge in [0.1, 0.15) is 6.61 Å². The van der Waals surface area contributed by atoms with E-state index >= 15 is 0 Å². The molecule has 1 aromatic heterocycles. The van der Waals surface area contributed by atoms with Gasteiger partial charge in [0.15, 0.2) is 0 Å². The van der Waals surface area contributed by atoms with Crippen molar-refractivity contribution in [1.29, 1.82) is 0 Å². The zero-order valence-corrected chi connectivity index (χ0v) is 12.8. The second-order valence-electron chi connectivity index (χ2n) is 6.39. The highest BCUT2D eigenvalue weighted by molar-refractivity contribution is 5.96. The number of cyclic esters (lactones) is 1. The Kier molecular flexibility index (Phi) is 3.36. The summed E-state index contributed by atoms with van der Waals surface area (Å²) in [4.78, 5) is 42.6. The first-order chi connectivity index (χ1) is 11.1. The third kappa shape index (κ3) is 2.40. The lowest BCUT2D eigenvalue weighted by atomic mass is 9.91. The van der Waals surface area contributed by atoms with Gasteiger partial charge in [-0.15, -0.1) is 0 Å². The van der Waals surface area contributed by atoms with Crippen LogP contribution in [0.5, 0.6) is 0 Å². The first-order valence-corrected chi connectivity index (χ1v) is 8.11. The number of hydrogen-bond donors (Lipinski definition) is 1. The van der Waals surface area contributed by atoms with Gasteiger partial charge >= 0.3 is 6.09 Å². The number of hydrogen-bond acceptors (Lipinski definition) is 4. The quantitative estimate of drug-likeness (QED) is 0.819. The van der Waals surface area contributed by atoms with Gasteiger partial charge in [-0.3, -0.25) is 14.5 Å². The number of pyridine rings is 1. The number of carbonyl (C=O) groups is 2. The summed E-state index contributed by atoms with van der Waals surface area (Å²) in [6.07, 6.45) is 3.44. The first kappa shape index (κ1) is 14.3. The number of piperazine rings is 1. The van der Waals surface area contributed by atoms with Crippen molar-refractivity contribution < 1.29 is 14.3 Å². The largest absolute Gasteiger partial charge is 0.447 e. The molecule has 7 heteroatoms. The molecule has 0 saturated carbocycles. The maximum atomic E-state index is 12.9. The van der Waals surface area contributed by atoms with Crippen molar-refractivity contribution in [3.63, 3.8) is 0 Å². The number of amides is 2. The summed E-state index contributed by atoms with van der Waals surface area (Å²) in [7, 11) is 0. The Morgan fingerprint density at radius 2 is 2.04 bits per heavy atom. The third-order valence-corrected chi connectivity index (χ3v) is 4.98. The molecule has 1 aliphatic carbocycles. The van der Waals surface area contributed by atoms with Crippen LogP contribution in [0.3, 0.4) is 0 Å². The molecule has 122 valence electrons. The number of fused-ring (bicyclic) bond motifs is 2. The van der Waals surface area contributed by atoms with Crippen LogP contribution in [-0.4, -0.2) is 59.1 Å². The zero-order chi connectivity index (χ0) is 16.0. The smallest absolute Gasteiger partial charge is 0.410 e. The van der Waals surface area contributed by atoms with Crippen molar-refractivity contribution >= 4 is 12.0 Å². The molecule has 3 heterocycles. The van der Waals surface area contributed by atoms with E-state index in [0.29, 0.717) is 31.8 Å². The van der Waals surface area contributed by atoms with Crippen molar-refractivity contribution in [2.24, 2.45) is 0 Å². The molecule has 3 aliphatic rings. The predicted molar refractivity (Wildman–Crippen MR) is 81.5 cm³/mol. The fourth-order valence-electron chi connectivity index (χ4n) is 3.78. The Morgan fingerprint density at radius 3 is 2.91 bits per heavy atom. The van der Waals surface area contributed by atoms with E-state index in [1.807, 2.05) is 0 Å². The molecule has 0 spiro atoms. The Labute approximate surface area is 133 Å². The molecule has 1 N–H and O–H groups in total. The lowest BCUT2D eigenvalue weighted by Gasteiger charge is -2.35. The number of carbonyl (C=O) groups excluding carboxylic acids is 2. The molecule has 2 aliphatic heterocycles. The molecule has 1 aromatic rings. The van der Waals surface area contributed by atoms with E-state index in [1.54, 1.807) is 9.80 Å². The standard InChI is InChI=1S/C16H19N3O4/c20-14-7-12(11-3-1-2-4-13(11)17-14)15(21)18-5-6-19-10(8-18)9-23-16(19)22/h7,10H,1-6,8-9H2,(H,17,20). The van der Waals surface area contributed by atoms with Crippen LogP contribution in [0.25, 0.3) is 0 Å². The summed E-state index contributed by atoms with van der Waals surface area (Å²) in [5, 5.41) is 0. The summed E-state index contributed by atoms with van der Waals surface area (Å²) >= 11 is 0. The molecule has 0 aromatic carbocycles. The number of nitrogens with zero attached hydrogens (tertiary/aromatic N) is 2. The van der Waals surface area contributed by atoms with Crippen LogP contribution in [-0.2, 0) is 17.6 Å². The van der Waals surface area contributed by atoms with E-state index in [2.05, 4.69) is 4.98 Å². The van der Waals surface area contributed by atoms with Gasteiger partial charge in [0, 0.05) is 37.0 Å². The SMILES string of the molecule is O=C(c1cc(=O)[nH]c2c1CCCC2)N1CCN2C(=O)OCC2C1. The normalized spacial score (nSPS) is 23.3. The van der Waals surface area contributed by atoms with Gasteiger partial charge in [0.2, 0.25) is 5.56 Å². The second kappa shape index (κ2) is 5.40. The molecule has 4 rings (SSSR count). The molecule has 23 heavy (non-hydrogen) atoms. The number of nitrogens with one attached hydrogen (secondary N) is 1. The van der Waals surface area contributed by atoms with Crippen molar-refractivity contribution in [1.82, 2.24) is 14.8 Å². The fourth-order valence-corrected chi connectivity index (χ4v) is 3.78. The number of aryl methyl sites for hydroxylation is 1. The minimum atomic E-state index is -0.296. The van der Waals surface area contributed by atoms with Crippen molar-refractivity contribution in [3.05, 3.63) is 33.2 Å². The second-order valence-corrected chi connectivity index (χ2v) is 6.39. The summed E-state index contributed by atoms with van der Waals surface area (Å²) in [5.74, 6) is -0.103. The molecular weight excluding hydrogens is 298 g/mol. The number of aromatic nitrogens is 1. The first-order valence-electron chi connectivity index (χ1n) is 8.11. The van der Waals surface area contributed by atoms with Gasteiger partial charge in [-0.05, 0) is 31.2 Å². The zero-order valence-electron chi connectivity index (χ0n) is 12.8. The molecule has 1 unspecified atom stereocenters. The average Bonchev–Trinajstić information content (AvgIpc) is 2.94. The Morgan fingerprint density at radius 1 is 1.22 bits per heavy atom. The molecule has 0 bridgehead atoms. The summed E-state index contributed by atoms with van der Waals surface area (Å²) in [6, 6.07) is 1.35. The van der Waals surface area contributed by atoms with Crippen LogP contribution >= 0.6 is 0 Å². The van der Waals surface area contributed by atoms with Gasteiger partial charge in [0.05, 0.1) is 6.04 Å². The highest BCUT2D eigenvalue weighted by Crippen LogP contribution is 2.24. The van der Waals surface area contributed by atoms with Crippen LogP contribution in [0.15, 0.2) is 10.9 Å². The van der Waals surface area contributed by atoms with Crippen LogP contribution in [0, 0.1) is 0 Å². The minimum absolute atomic E-state index is 0.0713. The van der Waals surface area contributed by atoms with Crippen LogP contribution in [0.4, 0.5) is 4.79 Å². The molecule has 7 nitrogen and oxygen atoms in total. The van der Waals surface area contributed by atoms with E-state index in [1.165, 1.54) is 6.07 Å². The number of H-pyrrole nitrogens is 1. The highest BCUT2D eigenvalue weighted by atomic mass is 16.6. The number of aromatic amines is 1. The Bertz CT molecular complexity index is 727. The summed E-state index contributed by atoms with van der Waals surface area (Å²) in [5.41, 5.74) is 2.21. The van der Waals surface area contributed by atoms with E-state index in [4.69, 9.17) is 4.74 Å². The maximum Gasteiger partial charge on any atom is 0.410 e. The van der Waals surface area contributed by atoms with E-state index < -0.39 is 0 Å². The van der Waals surface area contributed by atoms with Gasteiger partial charge in [0.25, 0.3) is 5.91 Å². The average molecular weight is 317 g/mol. The monoisotopic (exact) mass is 317 g/mol. The molecule has 2 fully saturated rings. The summed E-state index contributed by atoms with van der Waals surface area (Å²) < 4.78 is 5.04.